The Balaban J connectivity index is 1.44. The summed E-state index contributed by atoms with van der Waals surface area (Å²) in [6.07, 6.45) is 2.76. The van der Waals surface area contributed by atoms with Crippen molar-refractivity contribution in [3.05, 3.63) is 17.5 Å². The van der Waals surface area contributed by atoms with Crippen LogP contribution < -0.4 is 10.6 Å². The molecule has 1 aromatic rings. The number of fused-ring (bicyclic) bond motifs is 1. The van der Waals surface area contributed by atoms with Crippen LogP contribution in [0, 0.1) is 0 Å². The van der Waals surface area contributed by atoms with Crippen molar-refractivity contribution in [1.29, 1.82) is 0 Å². The number of nitrogens with one attached hydrogen (secondary N) is 2. The number of nitrogens with zero attached hydrogens (tertiary/aromatic N) is 3. The van der Waals surface area contributed by atoms with Crippen LogP contribution in [0.15, 0.2) is 6.07 Å². The van der Waals surface area contributed by atoms with Crippen LogP contribution in [0.25, 0.3) is 0 Å². The molecule has 0 radical (unpaired) electrons. The Morgan fingerprint density at radius 1 is 1.32 bits per heavy atom. The highest BCUT2D eigenvalue weighted by Crippen LogP contribution is 2.14. The predicted molar refractivity (Wildman–Crippen MR) is 91.6 cm³/mol. The molecule has 8 heteroatoms. The standard InChI is InChI=1S/C17H27N5O3/c1-2-16(23)18-9-13-8-14-11-21(5-6-22(14)20-13)12-17(24)19-10-15-4-3-7-25-15/h8,15H,2-7,9-12H2,1H3,(H,18,23)(H,19,24). The second-order valence-corrected chi connectivity index (χ2v) is 6.63. The summed E-state index contributed by atoms with van der Waals surface area (Å²) in [6, 6.07) is 2.01. The summed E-state index contributed by atoms with van der Waals surface area (Å²) in [5.41, 5.74) is 1.94. The van der Waals surface area contributed by atoms with Crippen LogP contribution in [0.4, 0.5) is 0 Å². The lowest BCUT2D eigenvalue weighted by atomic mass is 10.2. The Bertz CT molecular complexity index is 609. The van der Waals surface area contributed by atoms with E-state index in [2.05, 4.69) is 20.6 Å². The smallest absolute Gasteiger partial charge is 0.234 e. The quantitative estimate of drug-likeness (QED) is 0.725. The first-order valence-electron chi connectivity index (χ1n) is 9.07. The van der Waals surface area contributed by atoms with Gasteiger partial charge in [-0.2, -0.15) is 5.10 Å². The average molecular weight is 349 g/mol. The Kier molecular flexibility index (Phi) is 6.04. The summed E-state index contributed by atoms with van der Waals surface area (Å²) >= 11 is 0. The van der Waals surface area contributed by atoms with Crippen LogP contribution in [0.1, 0.15) is 37.6 Å². The zero-order chi connectivity index (χ0) is 17.6. The first-order valence-corrected chi connectivity index (χ1v) is 9.07. The van der Waals surface area contributed by atoms with E-state index in [1.54, 1.807) is 0 Å². The van der Waals surface area contributed by atoms with Crippen molar-refractivity contribution >= 4 is 11.8 Å². The minimum absolute atomic E-state index is 0.0236. The van der Waals surface area contributed by atoms with Gasteiger partial charge in [0.25, 0.3) is 0 Å². The lowest BCUT2D eigenvalue weighted by Gasteiger charge is -2.27. The van der Waals surface area contributed by atoms with Crippen molar-refractivity contribution < 1.29 is 14.3 Å². The van der Waals surface area contributed by atoms with E-state index in [4.69, 9.17) is 4.74 Å². The molecule has 1 unspecified atom stereocenters. The highest BCUT2D eigenvalue weighted by molar-refractivity contribution is 5.78. The number of rotatable bonds is 7. The van der Waals surface area contributed by atoms with Gasteiger partial charge in [0.2, 0.25) is 11.8 Å². The van der Waals surface area contributed by atoms with Crippen LogP contribution in [0.3, 0.4) is 0 Å². The summed E-state index contributed by atoms with van der Waals surface area (Å²) < 4.78 is 7.49. The van der Waals surface area contributed by atoms with Crippen LogP contribution in [-0.4, -0.2) is 58.8 Å². The molecule has 3 heterocycles. The zero-order valence-corrected chi connectivity index (χ0v) is 14.8. The molecule has 1 aromatic heterocycles. The molecule has 0 spiro atoms. The van der Waals surface area contributed by atoms with E-state index in [-0.39, 0.29) is 17.9 Å². The second kappa shape index (κ2) is 8.44. The van der Waals surface area contributed by atoms with Crippen molar-refractivity contribution in [1.82, 2.24) is 25.3 Å². The van der Waals surface area contributed by atoms with E-state index in [1.165, 1.54) is 0 Å². The maximum Gasteiger partial charge on any atom is 0.234 e. The number of amides is 2. The van der Waals surface area contributed by atoms with Crippen LogP contribution in [-0.2, 0) is 34.0 Å². The first kappa shape index (κ1) is 17.9. The van der Waals surface area contributed by atoms with Crippen molar-refractivity contribution in [2.45, 2.75) is 51.9 Å². The molecule has 8 nitrogen and oxygen atoms in total. The largest absolute Gasteiger partial charge is 0.376 e. The van der Waals surface area contributed by atoms with E-state index >= 15 is 0 Å². The molecule has 0 aromatic carbocycles. The third-order valence-electron chi connectivity index (χ3n) is 4.63. The van der Waals surface area contributed by atoms with E-state index in [1.807, 2.05) is 17.7 Å². The number of carbonyl (C=O) groups excluding carboxylic acids is 2. The number of hydrogen-bond acceptors (Lipinski definition) is 5. The van der Waals surface area contributed by atoms with E-state index < -0.39 is 0 Å². The Morgan fingerprint density at radius 2 is 2.20 bits per heavy atom. The third kappa shape index (κ3) is 5.02. The number of ether oxygens (including phenoxy) is 1. The summed E-state index contributed by atoms with van der Waals surface area (Å²) in [5, 5.41) is 10.3. The third-order valence-corrected chi connectivity index (χ3v) is 4.63. The minimum atomic E-state index is 0.0236. The van der Waals surface area contributed by atoms with E-state index in [9.17, 15) is 9.59 Å². The molecular formula is C17H27N5O3. The summed E-state index contributed by atoms with van der Waals surface area (Å²) in [5.74, 6) is 0.0643. The number of hydrogen-bond donors (Lipinski definition) is 2. The van der Waals surface area contributed by atoms with Crippen molar-refractivity contribution in [3.63, 3.8) is 0 Å². The first-order chi connectivity index (χ1) is 12.1. The second-order valence-electron chi connectivity index (χ2n) is 6.63. The molecule has 0 bridgehead atoms. The number of aromatic nitrogens is 2. The molecule has 2 N–H and O–H groups in total. The van der Waals surface area contributed by atoms with Gasteiger partial charge in [0, 0.05) is 32.7 Å². The summed E-state index contributed by atoms with van der Waals surface area (Å²) in [7, 11) is 0. The molecular weight excluding hydrogens is 322 g/mol. The fourth-order valence-electron chi connectivity index (χ4n) is 3.21. The molecule has 25 heavy (non-hydrogen) atoms. The maximum atomic E-state index is 12.1. The van der Waals surface area contributed by atoms with E-state index in [0.29, 0.717) is 32.6 Å². The Morgan fingerprint density at radius 3 is 2.96 bits per heavy atom. The zero-order valence-electron chi connectivity index (χ0n) is 14.8. The Hall–Kier alpha value is -1.93. The topological polar surface area (TPSA) is 88.5 Å². The lowest BCUT2D eigenvalue weighted by molar-refractivity contribution is -0.123. The van der Waals surface area contributed by atoms with Crippen molar-refractivity contribution in [2.24, 2.45) is 0 Å². The van der Waals surface area contributed by atoms with Gasteiger partial charge in [0.1, 0.15) is 0 Å². The molecule has 2 amide bonds. The fraction of sp³-hybridized carbons (Fsp3) is 0.706. The molecule has 1 saturated heterocycles. The summed E-state index contributed by atoms with van der Waals surface area (Å²) in [6.45, 7) is 6.33. The van der Waals surface area contributed by atoms with Gasteiger partial charge >= 0.3 is 0 Å². The monoisotopic (exact) mass is 349 g/mol. The molecule has 1 fully saturated rings. The summed E-state index contributed by atoms with van der Waals surface area (Å²) in [4.78, 5) is 25.6. The van der Waals surface area contributed by atoms with Crippen molar-refractivity contribution in [3.8, 4) is 0 Å². The van der Waals surface area contributed by atoms with Gasteiger partial charge in [-0.15, -0.1) is 0 Å². The van der Waals surface area contributed by atoms with Gasteiger partial charge in [-0.3, -0.25) is 19.2 Å². The molecule has 3 rings (SSSR count). The van der Waals surface area contributed by atoms with Gasteiger partial charge < -0.3 is 15.4 Å². The van der Waals surface area contributed by atoms with Gasteiger partial charge in [0.05, 0.1) is 37.1 Å². The minimum Gasteiger partial charge on any atom is -0.376 e. The molecule has 1 atom stereocenters. The average Bonchev–Trinajstić information content (AvgIpc) is 3.26. The molecule has 0 saturated carbocycles. The molecule has 138 valence electrons. The van der Waals surface area contributed by atoms with Crippen LogP contribution >= 0.6 is 0 Å². The lowest BCUT2D eigenvalue weighted by Crippen LogP contribution is -2.43. The van der Waals surface area contributed by atoms with Gasteiger partial charge in [0.15, 0.2) is 0 Å². The highest BCUT2D eigenvalue weighted by Gasteiger charge is 2.21. The molecule has 0 aliphatic carbocycles. The SMILES string of the molecule is CCC(=O)NCc1cc2n(n1)CCN(CC(=O)NCC1CCCO1)C2. The van der Waals surface area contributed by atoms with E-state index in [0.717, 1.165) is 43.9 Å². The van der Waals surface area contributed by atoms with Crippen LogP contribution in [0.5, 0.6) is 0 Å². The Labute approximate surface area is 147 Å². The number of carbonyl (C=O) groups is 2. The maximum absolute atomic E-state index is 12.1. The fourth-order valence-corrected chi connectivity index (χ4v) is 3.21. The molecule has 2 aliphatic rings. The van der Waals surface area contributed by atoms with Gasteiger partial charge in [-0.1, -0.05) is 6.92 Å². The van der Waals surface area contributed by atoms with Crippen LogP contribution in [0.2, 0.25) is 0 Å². The molecule has 2 aliphatic heterocycles. The van der Waals surface area contributed by atoms with Gasteiger partial charge in [-0.25, -0.2) is 0 Å². The van der Waals surface area contributed by atoms with Gasteiger partial charge in [-0.05, 0) is 18.9 Å². The normalized spacial score (nSPS) is 20.3. The van der Waals surface area contributed by atoms with Crippen molar-refractivity contribution in [2.75, 3.05) is 26.2 Å². The predicted octanol–water partition coefficient (Wildman–Crippen LogP) is 0.0201. The highest BCUT2D eigenvalue weighted by atomic mass is 16.5.